The monoisotopic (exact) mass is 244 g/mol. The van der Waals surface area contributed by atoms with E-state index in [0.29, 0.717) is 0 Å². The van der Waals surface area contributed by atoms with Gasteiger partial charge in [0.05, 0.1) is 17.9 Å². The summed E-state index contributed by atoms with van der Waals surface area (Å²) in [5, 5.41) is 9.02. The summed E-state index contributed by atoms with van der Waals surface area (Å²) in [4.78, 5) is 23.2. The van der Waals surface area contributed by atoms with Crippen molar-refractivity contribution in [1.82, 2.24) is 0 Å². The summed E-state index contributed by atoms with van der Waals surface area (Å²) in [5.41, 5.74) is -0.948. The van der Waals surface area contributed by atoms with Crippen LogP contribution in [-0.2, 0) is 14.3 Å². The summed E-state index contributed by atoms with van der Waals surface area (Å²) in [6.07, 6.45) is -0.415. The van der Waals surface area contributed by atoms with Crippen molar-refractivity contribution in [2.45, 2.75) is 54.1 Å². The molecule has 0 radical (unpaired) electrons. The third kappa shape index (κ3) is 3.72. The summed E-state index contributed by atoms with van der Waals surface area (Å²) >= 11 is 0. The predicted octanol–water partition coefficient (Wildman–Crippen LogP) is 2.71. The fraction of sp³-hybridized carbons (Fsp3) is 0.846. The van der Waals surface area contributed by atoms with Crippen molar-refractivity contribution in [3.8, 4) is 0 Å². The van der Waals surface area contributed by atoms with Gasteiger partial charge in [-0.15, -0.1) is 0 Å². The van der Waals surface area contributed by atoms with E-state index in [1.807, 2.05) is 27.7 Å². The highest BCUT2D eigenvalue weighted by molar-refractivity contribution is 5.83. The number of hydrogen-bond acceptors (Lipinski definition) is 3. The van der Waals surface area contributed by atoms with Crippen LogP contribution in [-0.4, -0.2) is 23.1 Å². The maximum atomic E-state index is 12.2. The maximum Gasteiger partial charge on any atom is 0.313 e. The quantitative estimate of drug-likeness (QED) is 0.730. The largest absolute Gasteiger partial charge is 0.481 e. The van der Waals surface area contributed by atoms with E-state index < -0.39 is 17.4 Å². The number of carbonyl (C=O) groups is 2. The van der Waals surface area contributed by atoms with Gasteiger partial charge in [-0.3, -0.25) is 9.59 Å². The van der Waals surface area contributed by atoms with Gasteiger partial charge in [0.25, 0.3) is 0 Å². The molecule has 0 bridgehead atoms. The van der Waals surface area contributed by atoms with Crippen molar-refractivity contribution in [3.63, 3.8) is 0 Å². The highest BCUT2D eigenvalue weighted by atomic mass is 16.5. The van der Waals surface area contributed by atoms with Crippen molar-refractivity contribution in [2.24, 2.45) is 17.3 Å². The van der Waals surface area contributed by atoms with Crippen LogP contribution in [0.3, 0.4) is 0 Å². The zero-order valence-electron chi connectivity index (χ0n) is 11.6. The molecule has 0 heterocycles. The lowest BCUT2D eigenvalue weighted by atomic mass is 9.66. The minimum atomic E-state index is -0.965. The molecule has 0 spiro atoms. The molecule has 0 unspecified atom stereocenters. The topological polar surface area (TPSA) is 63.6 Å². The van der Waals surface area contributed by atoms with Crippen molar-refractivity contribution in [2.75, 3.05) is 0 Å². The van der Waals surface area contributed by atoms with E-state index in [2.05, 4.69) is 0 Å². The Balaban J connectivity index is 5.31. The van der Waals surface area contributed by atoms with Gasteiger partial charge < -0.3 is 9.84 Å². The van der Waals surface area contributed by atoms with Crippen LogP contribution >= 0.6 is 0 Å². The molecule has 0 aliphatic carbocycles. The van der Waals surface area contributed by atoms with Gasteiger partial charge in [0.1, 0.15) is 0 Å². The molecule has 0 aromatic rings. The van der Waals surface area contributed by atoms with Gasteiger partial charge in [-0.1, -0.05) is 27.7 Å². The Hall–Kier alpha value is -1.06. The van der Waals surface area contributed by atoms with Crippen molar-refractivity contribution >= 4 is 11.9 Å². The van der Waals surface area contributed by atoms with Crippen LogP contribution in [0.2, 0.25) is 0 Å². The Morgan fingerprint density at radius 2 is 1.47 bits per heavy atom. The van der Waals surface area contributed by atoms with E-state index >= 15 is 0 Å². The number of aliphatic carboxylic acids is 1. The van der Waals surface area contributed by atoms with Gasteiger partial charge in [-0.25, -0.2) is 0 Å². The Labute approximate surface area is 103 Å². The Morgan fingerprint density at radius 1 is 1.06 bits per heavy atom. The molecule has 0 aliphatic rings. The zero-order valence-corrected chi connectivity index (χ0v) is 11.6. The number of rotatable bonds is 6. The summed E-state index contributed by atoms with van der Waals surface area (Å²) in [6.45, 7) is 11.0. The molecule has 0 aliphatic heterocycles. The van der Waals surface area contributed by atoms with Crippen LogP contribution < -0.4 is 0 Å². The average molecular weight is 244 g/mol. The van der Waals surface area contributed by atoms with Crippen LogP contribution in [0.4, 0.5) is 0 Å². The average Bonchev–Trinajstić information content (AvgIpc) is 2.10. The van der Waals surface area contributed by atoms with Gasteiger partial charge in [-0.05, 0) is 25.7 Å². The van der Waals surface area contributed by atoms with Crippen LogP contribution in [0.1, 0.15) is 48.0 Å². The van der Waals surface area contributed by atoms with Gasteiger partial charge in [0, 0.05) is 0 Å². The first-order chi connectivity index (χ1) is 7.64. The van der Waals surface area contributed by atoms with E-state index in [1.165, 1.54) is 0 Å². The molecule has 0 saturated heterocycles. The smallest absolute Gasteiger partial charge is 0.313 e. The number of carbonyl (C=O) groups excluding carboxylic acids is 1. The van der Waals surface area contributed by atoms with Crippen molar-refractivity contribution < 1.29 is 19.4 Å². The molecule has 0 atom stereocenters. The first-order valence-corrected chi connectivity index (χ1v) is 6.07. The summed E-state index contributed by atoms with van der Waals surface area (Å²) in [7, 11) is 0. The molecule has 100 valence electrons. The lowest BCUT2D eigenvalue weighted by Gasteiger charge is -2.38. The first-order valence-electron chi connectivity index (χ1n) is 6.07. The number of hydrogen-bond donors (Lipinski definition) is 1. The molecule has 0 fully saturated rings. The Bertz CT molecular complexity index is 271. The molecule has 4 heteroatoms. The molecule has 0 amide bonds. The van der Waals surface area contributed by atoms with Gasteiger partial charge in [0.15, 0.2) is 0 Å². The van der Waals surface area contributed by atoms with Gasteiger partial charge in [0.2, 0.25) is 0 Å². The molecule has 1 N–H and O–H groups in total. The number of esters is 1. The van der Waals surface area contributed by atoms with E-state index in [-0.39, 0.29) is 24.4 Å². The second kappa shape index (κ2) is 6.03. The number of carboxylic acids is 1. The van der Waals surface area contributed by atoms with E-state index in [0.717, 1.165) is 0 Å². The predicted molar refractivity (Wildman–Crippen MR) is 65.6 cm³/mol. The molecular weight excluding hydrogens is 220 g/mol. The second-order valence-electron chi connectivity index (χ2n) is 5.37. The molecule has 0 rings (SSSR count). The van der Waals surface area contributed by atoms with Crippen LogP contribution in [0.15, 0.2) is 0 Å². The van der Waals surface area contributed by atoms with Gasteiger partial charge >= 0.3 is 11.9 Å². The molecule has 4 nitrogen and oxygen atoms in total. The van der Waals surface area contributed by atoms with E-state index in [4.69, 9.17) is 9.84 Å². The Kier molecular flexibility index (Phi) is 5.66. The number of ether oxygens (including phenoxy) is 1. The minimum absolute atomic E-state index is 0.0788. The first kappa shape index (κ1) is 15.9. The molecule has 17 heavy (non-hydrogen) atoms. The van der Waals surface area contributed by atoms with Crippen LogP contribution in [0.25, 0.3) is 0 Å². The van der Waals surface area contributed by atoms with Crippen molar-refractivity contribution in [1.29, 1.82) is 0 Å². The third-order valence-corrected chi connectivity index (χ3v) is 3.23. The maximum absolute atomic E-state index is 12.2. The van der Waals surface area contributed by atoms with Gasteiger partial charge in [-0.2, -0.15) is 0 Å². The molecular formula is C13H24O4. The molecule has 0 saturated carbocycles. The fourth-order valence-electron chi connectivity index (χ4n) is 2.19. The zero-order chi connectivity index (χ0) is 13.8. The lowest BCUT2D eigenvalue weighted by molar-refractivity contribution is -0.172. The second-order valence-corrected chi connectivity index (χ2v) is 5.37. The summed E-state index contributed by atoms with van der Waals surface area (Å²) in [6, 6.07) is 0. The van der Waals surface area contributed by atoms with Crippen LogP contribution in [0, 0.1) is 17.3 Å². The third-order valence-electron chi connectivity index (χ3n) is 3.23. The standard InChI is InChI=1S/C13H24O4/c1-8(2)13(9(3)4,7-11(14)15)12(16)17-10(5)6/h8-10H,7H2,1-6H3,(H,14,15). The van der Waals surface area contributed by atoms with Crippen molar-refractivity contribution in [3.05, 3.63) is 0 Å². The highest BCUT2D eigenvalue weighted by Crippen LogP contribution is 2.41. The minimum Gasteiger partial charge on any atom is -0.481 e. The molecule has 0 aromatic carbocycles. The summed E-state index contributed by atoms with van der Waals surface area (Å²) < 4.78 is 5.24. The fourth-order valence-corrected chi connectivity index (χ4v) is 2.19. The SMILES string of the molecule is CC(C)OC(=O)C(CC(=O)O)(C(C)C)C(C)C. The highest BCUT2D eigenvalue weighted by Gasteiger charge is 2.47. The Morgan fingerprint density at radius 3 is 1.71 bits per heavy atom. The summed E-state index contributed by atoms with van der Waals surface area (Å²) in [5.74, 6) is -1.53. The van der Waals surface area contributed by atoms with E-state index in [1.54, 1.807) is 13.8 Å². The molecule has 0 aromatic heterocycles. The lowest BCUT2D eigenvalue weighted by Crippen LogP contribution is -2.45. The van der Waals surface area contributed by atoms with Crippen LogP contribution in [0.5, 0.6) is 0 Å². The van der Waals surface area contributed by atoms with E-state index in [9.17, 15) is 9.59 Å². The normalized spacial score (nSPS) is 12.3. The number of carboxylic acid groups (broad SMARTS) is 1.